The zero-order chi connectivity index (χ0) is 12.5. The molecule has 0 saturated heterocycles. The van der Waals surface area contributed by atoms with Crippen LogP contribution in [0, 0.1) is 0 Å². The molecule has 1 aliphatic heterocycles. The van der Waals surface area contributed by atoms with Crippen molar-refractivity contribution in [2.45, 2.75) is 12.5 Å². The van der Waals surface area contributed by atoms with Gasteiger partial charge in [0.1, 0.15) is 11.9 Å². The summed E-state index contributed by atoms with van der Waals surface area (Å²) in [6.45, 7) is 0. The van der Waals surface area contributed by atoms with Gasteiger partial charge in [0.25, 0.3) is 0 Å². The molecule has 0 bridgehead atoms. The highest BCUT2D eigenvalue weighted by Crippen LogP contribution is 2.35. The maximum Gasteiger partial charge on any atom is 0.170 e. The summed E-state index contributed by atoms with van der Waals surface area (Å²) < 4.78 is 5.87. The van der Waals surface area contributed by atoms with E-state index in [4.69, 9.17) is 10.5 Å². The number of rotatable bonds is 1. The standard InChI is InChI=1S/C15H13NO2/c16-11-6-7-12-13(17)9-14(18-15(12)8-11)10-4-2-1-3-5-10/h1-8,14H,9,16H2. The van der Waals surface area contributed by atoms with Crippen molar-refractivity contribution >= 4 is 11.5 Å². The van der Waals surface area contributed by atoms with Crippen molar-refractivity contribution in [1.82, 2.24) is 0 Å². The molecule has 0 radical (unpaired) electrons. The summed E-state index contributed by atoms with van der Waals surface area (Å²) in [6.07, 6.45) is 0.161. The molecule has 1 atom stereocenters. The Kier molecular flexibility index (Phi) is 2.52. The summed E-state index contributed by atoms with van der Waals surface area (Å²) in [6, 6.07) is 14.9. The Morgan fingerprint density at radius 1 is 1.11 bits per heavy atom. The van der Waals surface area contributed by atoms with Crippen LogP contribution in [0.3, 0.4) is 0 Å². The number of Topliss-reactive ketones (excluding diaryl/α,β-unsaturated/α-hetero) is 1. The number of nitrogen functional groups attached to an aromatic ring is 1. The zero-order valence-corrected chi connectivity index (χ0v) is 9.80. The first kappa shape index (κ1) is 10.8. The molecule has 0 saturated carbocycles. The maximum absolute atomic E-state index is 12.1. The van der Waals surface area contributed by atoms with Crippen molar-refractivity contribution in [3.05, 3.63) is 59.7 Å². The van der Waals surface area contributed by atoms with Crippen LogP contribution in [0.2, 0.25) is 0 Å². The summed E-state index contributed by atoms with van der Waals surface area (Å²) in [4.78, 5) is 12.1. The van der Waals surface area contributed by atoms with Crippen LogP contribution < -0.4 is 10.5 Å². The maximum atomic E-state index is 12.1. The van der Waals surface area contributed by atoms with E-state index in [-0.39, 0.29) is 11.9 Å². The van der Waals surface area contributed by atoms with Gasteiger partial charge in [0.2, 0.25) is 0 Å². The van der Waals surface area contributed by atoms with Crippen LogP contribution in [0.4, 0.5) is 5.69 Å². The molecule has 0 spiro atoms. The Labute approximate surface area is 105 Å². The van der Waals surface area contributed by atoms with E-state index in [1.165, 1.54) is 0 Å². The number of hydrogen-bond donors (Lipinski definition) is 1. The smallest absolute Gasteiger partial charge is 0.170 e. The third-order valence-corrected chi connectivity index (χ3v) is 3.12. The number of ketones is 1. The van der Waals surface area contributed by atoms with Gasteiger partial charge < -0.3 is 10.5 Å². The number of carbonyl (C=O) groups is 1. The Hall–Kier alpha value is -2.29. The molecule has 18 heavy (non-hydrogen) atoms. The average molecular weight is 239 g/mol. The highest BCUT2D eigenvalue weighted by atomic mass is 16.5. The molecule has 1 aliphatic rings. The number of ether oxygens (including phenoxy) is 1. The molecular weight excluding hydrogens is 226 g/mol. The van der Waals surface area contributed by atoms with Gasteiger partial charge in [-0.25, -0.2) is 0 Å². The fraction of sp³-hybridized carbons (Fsp3) is 0.133. The van der Waals surface area contributed by atoms with Gasteiger partial charge >= 0.3 is 0 Å². The molecular formula is C15H13NO2. The molecule has 0 aromatic heterocycles. The lowest BCUT2D eigenvalue weighted by Gasteiger charge is -2.25. The Balaban J connectivity index is 1.98. The molecule has 2 aromatic rings. The molecule has 1 heterocycles. The summed E-state index contributed by atoms with van der Waals surface area (Å²) in [5.41, 5.74) is 7.96. The van der Waals surface area contributed by atoms with E-state index in [0.29, 0.717) is 23.4 Å². The minimum atomic E-state index is -0.215. The number of nitrogens with two attached hydrogens (primary N) is 1. The second-order valence-electron chi connectivity index (χ2n) is 4.40. The fourth-order valence-corrected chi connectivity index (χ4v) is 2.19. The fourth-order valence-electron chi connectivity index (χ4n) is 2.19. The monoisotopic (exact) mass is 239 g/mol. The normalized spacial score (nSPS) is 18.0. The summed E-state index contributed by atoms with van der Waals surface area (Å²) in [5.74, 6) is 0.685. The van der Waals surface area contributed by atoms with Crippen molar-refractivity contribution in [1.29, 1.82) is 0 Å². The number of fused-ring (bicyclic) bond motifs is 1. The van der Waals surface area contributed by atoms with Crippen molar-refractivity contribution in [3.8, 4) is 5.75 Å². The minimum absolute atomic E-state index is 0.102. The number of benzene rings is 2. The van der Waals surface area contributed by atoms with Crippen LogP contribution in [0.15, 0.2) is 48.5 Å². The van der Waals surface area contributed by atoms with E-state index in [1.54, 1.807) is 18.2 Å². The largest absolute Gasteiger partial charge is 0.484 e. The van der Waals surface area contributed by atoms with Gasteiger partial charge in [0.05, 0.1) is 12.0 Å². The van der Waals surface area contributed by atoms with Crippen molar-refractivity contribution in [2.75, 3.05) is 5.73 Å². The summed E-state index contributed by atoms with van der Waals surface area (Å²) in [5, 5.41) is 0. The van der Waals surface area contributed by atoms with Crippen LogP contribution in [0.1, 0.15) is 28.4 Å². The van der Waals surface area contributed by atoms with Crippen LogP contribution in [-0.2, 0) is 0 Å². The van der Waals surface area contributed by atoms with Gasteiger partial charge in [-0.05, 0) is 17.7 Å². The Morgan fingerprint density at radius 2 is 1.89 bits per heavy atom. The quantitative estimate of drug-likeness (QED) is 0.778. The van der Waals surface area contributed by atoms with Crippen molar-refractivity contribution in [3.63, 3.8) is 0 Å². The van der Waals surface area contributed by atoms with E-state index in [1.807, 2.05) is 30.3 Å². The molecule has 3 heteroatoms. The highest BCUT2D eigenvalue weighted by Gasteiger charge is 2.27. The molecule has 1 unspecified atom stereocenters. The number of hydrogen-bond acceptors (Lipinski definition) is 3. The lowest BCUT2D eigenvalue weighted by Crippen LogP contribution is -2.20. The van der Waals surface area contributed by atoms with Gasteiger partial charge in [0.15, 0.2) is 5.78 Å². The first-order valence-electron chi connectivity index (χ1n) is 5.88. The van der Waals surface area contributed by atoms with Crippen LogP contribution in [0.5, 0.6) is 5.75 Å². The molecule has 2 N–H and O–H groups in total. The first-order chi connectivity index (χ1) is 8.74. The van der Waals surface area contributed by atoms with Gasteiger partial charge in [-0.2, -0.15) is 0 Å². The van der Waals surface area contributed by atoms with Crippen LogP contribution in [0.25, 0.3) is 0 Å². The van der Waals surface area contributed by atoms with E-state index >= 15 is 0 Å². The van der Waals surface area contributed by atoms with Crippen LogP contribution in [-0.4, -0.2) is 5.78 Å². The lowest BCUT2D eigenvalue weighted by molar-refractivity contribution is 0.0850. The van der Waals surface area contributed by atoms with Crippen molar-refractivity contribution < 1.29 is 9.53 Å². The molecule has 3 rings (SSSR count). The average Bonchev–Trinajstić information content (AvgIpc) is 2.39. The zero-order valence-electron chi connectivity index (χ0n) is 9.80. The van der Waals surface area contributed by atoms with Gasteiger partial charge in [-0.3, -0.25) is 4.79 Å². The molecule has 0 fully saturated rings. The van der Waals surface area contributed by atoms with E-state index in [2.05, 4.69) is 0 Å². The predicted molar refractivity (Wildman–Crippen MR) is 69.6 cm³/mol. The third-order valence-electron chi connectivity index (χ3n) is 3.12. The van der Waals surface area contributed by atoms with E-state index in [0.717, 1.165) is 5.56 Å². The molecule has 0 aliphatic carbocycles. The van der Waals surface area contributed by atoms with Gasteiger partial charge in [-0.1, -0.05) is 30.3 Å². The molecule has 3 nitrogen and oxygen atoms in total. The predicted octanol–water partition coefficient (Wildman–Crippen LogP) is 2.98. The Bertz CT molecular complexity index is 593. The number of carbonyl (C=O) groups excluding carboxylic acids is 1. The van der Waals surface area contributed by atoms with Gasteiger partial charge in [-0.15, -0.1) is 0 Å². The summed E-state index contributed by atoms with van der Waals surface area (Å²) >= 11 is 0. The minimum Gasteiger partial charge on any atom is -0.484 e. The second kappa shape index (κ2) is 4.18. The van der Waals surface area contributed by atoms with E-state index in [9.17, 15) is 4.79 Å². The van der Waals surface area contributed by atoms with E-state index < -0.39 is 0 Å². The topological polar surface area (TPSA) is 52.3 Å². The molecule has 2 aromatic carbocycles. The van der Waals surface area contributed by atoms with Crippen LogP contribution >= 0.6 is 0 Å². The SMILES string of the molecule is Nc1ccc2c(c1)OC(c1ccccc1)CC2=O. The Morgan fingerprint density at radius 3 is 2.67 bits per heavy atom. The first-order valence-corrected chi connectivity index (χ1v) is 5.88. The lowest BCUT2D eigenvalue weighted by atomic mass is 9.96. The highest BCUT2D eigenvalue weighted by molar-refractivity contribution is 6.00. The second-order valence-corrected chi connectivity index (χ2v) is 4.40. The van der Waals surface area contributed by atoms with Gasteiger partial charge in [0, 0.05) is 11.8 Å². The molecule has 90 valence electrons. The number of anilines is 1. The van der Waals surface area contributed by atoms with Crippen molar-refractivity contribution in [2.24, 2.45) is 0 Å². The third kappa shape index (κ3) is 1.84. The molecule has 0 amide bonds. The summed E-state index contributed by atoms with van der Waals surface area (Å²) in [7, 11) is 0.